The van der Waals surface area contributed by atoms with Gasteiger partial charge in [0.1, 0.15) is 11.6 Å². The molecule has 0 unspecified atom stereocenters. The number of nitrogens with one attached hydrogen (secondary N) is 1. The van der Waals surface area contributed by atoms with Crippen LogP contribution in [0.4, 0.5) is 5.82 Å². The molecule has 1 aliphatic rings. The molecular weight excluding hydrogens is 312 g/mol. The minimum atomic E-state index is -0.491. The first-order chi connectivity index (χ1) is 11.3. The average Bonchev–Trinajstić information content (AvgIpc) is 3.10. The Morgan fingerprint density at radius 1 is 1.25 bits per heavy atom. The molecule has 1 aliphatic heterocycles. The normalized spacial score (nSPS) is 14.5. The van der Waals surface area contributed by atoms with Crippen LogP contribution < -0.4 is 5.32 Å². The van der Waals surface area contributed by atoms with Crippen molar-refractivity contribution in [2.75, 3.05) is 5.32 Å². The second-order valence-corrected chi connectivity index (χ2v) is 5.25. The molecule has 0 atom stereocenters. The number of nitrogens with zero attached hydrogens (tertiary/aromatic N) is 5. The lowest BCUT2D eigenvalue weighted by atomic mass is 10.2. The molecule has 0 saturated heterocycles. The molecule has 9 heteroatoms. The van der Waals surface area contributed by atoms with Crippen molar-refractivity contribution in [2.45, 2.75) is 20.8 Å². The van der Waals surface area contributed by atoms with Gasteiger partial charge in [0.25, 0.3) is 17.8 Å². The molecule has 3 heterocycles. The Morgan fingerprint density at radius 3 is 2.62 bits per heavy atom. The summed E-state index contributed by atoms with van der Waals surface area (Å²) in [5.41, 5.74) is 1.43. The van der Waals surface area contributed by atoms with Crippen LogP contribution in [-0.4, -0.2) is 38.4 Å². The van der Waals surface area contributed by atoms with Gasteiger partial charge >= 0.3 is 0 Å². The summed E-state index contributed by atoms with van der Waals surface area (Å²) < 4.78 is 6.17. The fourth-order valence-electron chi connectivity index (χ4n) is 2.04. The molecule has 2 amide bonds. The van der Waals surface area contributed by atoms with E-state index in [2.05, 4.69) is 32.1 Å². The predicted molar refractivity (Wildman–Crippen MR) is 86.2 cm³/mol. The van der Waals surface area contributed by atoms with E-state index >= 15 is 0 Å². The van der Waals surface area contributed by atoms with E-state index in [-0.39, 0.29) is 17.2 Å². The van der Waals surface area contributed by atoms with Gasteiger partial charge in [0.2, 0.25) is 0 Å². The van der Waals surface area contributed by atoms with Crippen molar-refractivity contribution >= 4 is 29.3 Å². The van der Waals surface area contributed by atoms with Crippen molar-refractivity contribution in [3.05, 3.63) is 41.4 Å². The number of carbonyl (C=O) groups excluding carboxylic acids is 2. The van der Waals surface area contributed by atoms with Crippen molar-refractivity contribution in [3.8, 4) is 0 Å². The standard InChI is InChI=1S/C15H14N6O3/c1-7-5-12(17-14(23)11-6-8(2)24-20-11)21(19-7)15-16-10(4)9(3)13(22)18-15/h5-6H,3H2,1-2,4H3,(H,17,23). The first-order valence-electron chi connectivity index (χ1n) is 7.04. The van der Waals surface area contributed by atoms with Gasteiger partial charge in [-0.2, -0.15) is 14.8 Å². The zero-order valence-electron chi connectivity index (χ0n) is 13.3. The fourth-order valence-corrected chi connectivity index (χ4v) is 2.04. The minimum absolute atomic E-state index is 0.0598. The number of hydrogen-bond acceptors (Lipinski definition) is 6. The van der Waals surface area contributed by atoms with E-state index in [4.69, 9.17) is 4.52 Å². The van der Waals surface area contributed by atoms with Crippen LogP contribution in [0.2, 0.25) is 0 Å². The van der Waals surface area contributed by atoms with E-state index in [0.29, 0.717) is 23.0 Å². The maximum absolute atomic E-state index is 12.2. The third-order valence-electron chi connectivity index (χ3n) is 3.29. The number of aliphatic imine (C=N–C) groups is 2. The Bertz CT molecular complexity index is 931. The molecule has 9 nitrogen and oxygen atoms in total. The molecular formula is C15H14N6O3. The maximum atomic E-state index is 12.2. The van der Waals surface area contributed by atoms with Crippen molar-refractivity contribution in [3.63, 3.8) is 0 Å². The molecule has 0 aliphatic carbocycles. The number of aryl methyl sites for hydroxylation is 2. The molecule has 0 fully saturated rings. The van der Waals surface area contributed by atoms with E-state index in [0.717, 1.165) is 0 Å². The van der Waals surface area contributed by atoms with E-state index in [9.17, 15) is 9.59 Å². The van der Waals surface area contributed by atoms with E-state index < -0.39 is 11.8 Å². The monoisotopic (exact) mass is 326 g/mol. The molecule has 122 valence electrons. The summed E-state index contributed by atoms with van der Waals surface area (Å²) in [6.45, 7) is 8.70. The number of anilines is 1. The fraction of sp³-hybridized carbons (Fsp3) is 0.200. The zero-order chi connectivity index (χ0) is 17.4. The minimum Gasteiger partial charge on any atom is -0.361 e. The van der Waals surface area contributed by atoms with Crippen molar-refractivity contribution in [1.29, 1.82) is 0 Å². The first kappa shape index (κ1) is 15.5. The second kappa shape index (κ2) is 5.69. The third-order valence-corrected chi connectivity index (χ3v) is 3.29. The summed E-state index contributed by atoms with van der Waals surface area (Å²) in [5.74, 6) is -0.0693. The topological polar surface area (TPSA) is 115 Å². The summed E-state index contributed by atoms with van der Waals surface area (Å²) in [5, 5.41) is 10.5. The number of carbonyl (C=O) groups is 2. The smallest absolute Gasteiger partial charge is 0.281 e. The predicted octanol–water partition coefficient (Wildman–Crippen LogP) is 1.50. The van der Waals surface area contributed by atoms with E-state index in [1.165, 1.54) is 10.7 Å². The largest absolute Gasteiger partial charge is 0.361 e. The Balaban J connectivity index is 1.94. The van der Waals surface area contributed by atoms with Crippen LogP contribution in [0.1, 0.15) is 28.9 Å². The Morgan fingerprint density at radius 2 is 2.00 bits per heavy atom. The van der Waals surface area contributed by atoms with Crippen LogP contribution in [0.25, 0.3) is 0 Å². The zero-order valence-corrected chi connectivity index (χ0v) is 13.3. The molecule has 1 N–H and O–H groups in total. The van der Waals surface area contributed by atoms with Gasteiger partial charge in [0.05, 0.1) is 17.0 Å². The number of aromatic nitrogens is 3. The molecule has 3 rings (SSSR count). The second-order valence-electron chi connectivity index (χ2n) is 5.25. The highest BCUT2D eigenvalue weighted by molar-refractivity contribution is 6.27. The van der Waals surface area contributed by atoms with Crippen molar-refractivity contribution in [2.24, 2.45) is 9.98 Å². The van der Waals surface area contributed by atoms with Gasteiger partial charge in [0.15, 0.2) is 5.69 Å². The Labute approximate surface area is 136 Å². The van der Waals surface area contributed by atoms with Gasteiger partial charge in [-0.15, -0.1) is 0 Å². The highest BCUT2D eigenvalue weighted by Gasteiger charge is 2.22. The van der Waals surface area contributed by atoms with Gasteiger partial charge in [-0.1, -0.05) is 11.7 Å². The summed E-state index contributed by atoms with van der Waals surface area (Å²) in [6, 6.07) is 3.14. The van der Waals surface area contributed by atoms with Gasteiger partial charge < -0.3 is 9.84 Å². The van der Waals surface area contributed by atoms with E-state index in [1.54, 1.807) is 26.8 Å². The third kappa shape index (κ3) is 2.78. The van der Waals surface area contributed by atoms with Gasteiger partial charge in [-0.3, -0.25) is 9.59 Å². The van der Waals surface area contributed by atoms with Crippen LogP contribution in [0.15, 0.2) is 38.8 Å². The first-order valence-corrected chi connectivity index (χ1v) is 7.04. The highest BCUT2D eigenvalue weighted by Crippen LogP contribution is 2.15. The molecule has 0 bridgehead atoms. The molecule has 0 saturated carbocycles. The molecule has 2 aromatic heterocycles. The van der Waals surface area contributed by atoms with Crippen molar-refractivity contribution < 1.29 is 14.1 Å². The summed E-state index contributed by atoms with van der Waals surface area (Å²) in [6.07, 6.45) is 0. The average molecular weight is 326 g/mol. The van der Waals surface area contributed by atoms with Crippen LogP contribution in [0, 0.1) is 13.8 Å². The van der Waals surface area contributed by atoms with Crippen LogP contribution in [0.3, 0.4) is 0 Å². The quantitative estimate of drug-likeness (QED) is 0.840. The van der Waals surface area contributed by atoms with Gasteiger partial charge in [0, 0.05) is 12.1 Å². The molecule has 0 spiro atoms. The molecule has 0 aromatic carbocycles. The van der Waals surface area contributed by atoms with Gasteiger partial charge in [-0.05, 0) is 20.8 Å². The number of rotatable bonds is 2. The number of amides is 2. The molecule has 24 heavy (non-hydrogen) atoms. The van der Waals surface area contributed by atoms with Crippen LogP contribution in [0.5, 0.6) is 0 Å². The summed E-state index contributed by atoms with van der Waals surface area (Å²) >= 11 is 0. The molecule has 2 aromatic rings. The Hall–Kier alpha value is -3.36. The maximum Gasteiger partial charge on any atom is 0.281 e. The van der Waals surface area contributed by atoms with E-state index in [1.807, 2.05) is 0 Å². The van der Waals surface area contributed by atoms with Crippen molar-refractivity contribution in [1.82, 2.24) is 14.9 Å². The summed E-state index contributed by atoms with van der Waals surface area (Å²) in [4.78, 5) is 32.1. The van der Waals surface area contributed by atoms with Gasteiger partial charge in [-0.25, -0.2) is 4.99 Å². The summed E-state index contributed by atoms with van der Waals surface area (Å²) in [7, 11) is 0. The lowest BCUT2D eigenvalue weighted by Crippen LogP contribution is -2.25. The van der Waals surface area contributed by atoms with Crippen LogP contribution in [-0.2, 0) is 4.79 Å². The number of hydrogen-bond donors (Lipinski definition) is 1. The Kier molecular flexibility index (Phi) is 3.68. The SMILES string of the molecule is C=C1C(=O)N=C(n2nc(C)cc2NC(=O)c2cc(C)on2)N=C1C. The van der Waals surface area contributed by atoms with Crippen LogP contribution >= 0.6 is 0 Å². The molecule has 0 radical (unpaired) electrons. The lowest BCUT2D eigenvalue weighted by molar-refractivity contribution is -0.113. The lowest BCUT2D eigenvalue weighted by Gasteiger charge is -2.12. The highest BCUT2D eigenvalue weighted by atomic mass is 16.5.